The Morgan fingerprint density at radius 2 is 2.24 bits per heavy atom. The molecule has 4 atom stereocenters. The number of aliphatic hydroxyl groups excluding tert-OH is 1. The number of carbonyl (C=O) groups excluding carboxylic acids is 1. The van der Waals surface area contributed by atoms with E-state index in [2.05, 4.69) is 24.4 Å². The average Bonchev–Trinajstić information content (AvgIpc) is 2.73. The predicted molar refractivity (Wildman–Crippen MR) is 82.5 cm³/mol. The number of rotatable bonds is 2. The van der Waals surface area contributed by atoms with Crippen molar-refractivity contribution < 1.29 is 9.90 Å². The topological polar surface area (TPSA) is 52.6 Å². The van der Waals surface area contributed by atoms with Gasteiger partial charge in [0.15, 0.2) is 5.88 Å². The summed E-state index contributed by atoms with van der Waals surface area (Å²) in [7, 11) is 1.86. The molecule has 4 unspecified atom stereocenters. The van der Waals surface area contributed by atoms with Crippen LogP contribution in [0.3, 0.4) is 0 Å². The fourth-order valence-electron chi connectivity index (χ4n) is 4.37. The van der Waals surface area contributed by atoms with Crippen molar-refractivity contribution >= 4 is 5.91 Å². The van der Waals surface area contributed by atoms with E-state index in [1.807, 2.05) is 19.2 Å². The molecule has 0 aromatic carbocycles. The summed E-state index contributed by atoms with van der Waals surface area (Å²) in [5, 5.41) is 13.5. The Labute approximate surface area is 126 Å². The molecule has 21 heavy (non-hydrogen) atoms. The first-order valence-corrected chi connectivity index (χ1v) is 7.73. The van der Waals surface area contributed by atoms with E-state index in [0.29, 0.717) is 17.7 Å². The van der Waals surface area contributed by atoms with Crippen LogP contribution in [-0.2, 0) is 4.79 Å². The first-order chi connectivity index (χ1) is 9.95. The van der Waals surface area contributed by atoms with E-state index in [1.54, 1.807) is 11.8 Å². The van der Waals surface area contributed by atoms with E-state index < -0.39 is 0 Å². The fraction of sp³-hybridized carbons (Fsp3) is 0.588. The zero-order valence-corrected chi connectivity index (χ0v) is 13.0. The molecule has 0 aromatic rings. The van der Waals surface area contributed by atoms with Gasteiger partial charge in [-0.25, -0.2) is 0 Å². The number of allylic oxidation sites excluding steroid dienone is 3. The fourth-order valence-corrected chi connectivity index (χ4v) is 4.37. The molecule has 1 spiro atoms. The highest BCUT2D eigenvalue weighted by Gasteiger charge is 2.54. The smallest absolute Gasteiger partial charge is 0.219 e. The van der Waals surface area contributed by atoms with Gasteiger partial charge in [-0.05, 0) is 24.7 Å². The summed E-state index contributed by atoms with van der Waals surface area (Å²) in [5.74, 6) is 1.36. The summed E-state index contributed by atoms with van der Waals surface area (Å²) < 4.78 is 0. The molecule has 2 aliphatic carbocycles. The van der Waals surface area contributed by atoms with Crippen molar-refractivity contribution in [1.82, 2.24) is 10.2 Å². The number of carbonyl (C=O) groups is 1. The molecule has 1 fully saturated rings. The molecule has 0 saturated heterocycles. The van der Waals surface area contributed by atoms with Gasteiger partial charge in [-0.15, -0.1) is 0 Å². The molecular formula is C17H24N2O2. The molecule has 4 heteroatoms. The average molecular weight is 288 g/mol. The maximum absolute atomic E-state index is 11.4. The summed E-state index contributed by atoms with van der Waals surface area (Å²) in [5.41, 5.74) is 0.949. The van der Waals surface area contributed by atoms with Gasteiger partial charge >= 0.3 is 0 Å². The molecule has 114 valence electrons. The van der Waals surface area contributed by atoms with Crippen molar-refractivity contribution in [2.75, 3.05) is 13.6 Å². The SMILES string of the molecule is CC(=O)N(C)CC1CC(C)C23C=CC=CC2=C(O)NC3C1. The van der Waals surface area contributed by atoms with Crippen LogP contribution in [-0.4, -0.2) is 35.5 Å². The van der Waals surface area contributed by atoms with Crippen LogP contribution in [0.15, 0.2) is 35.8 Å². The zero-order chi connectivity index (χ0) is 15.2. The summed E-state index contributed by atoms with van der Waals surface area (Å²) in [6.45, 7) is 4.67. The highest BCUT2D eigenvalue weighted by molar-refractivity contribution is 5.72. The lowest BCUT2D eigenvalue weighted by Gasteiger charge is -2.47. The van der Waals surface area contributed by atoms with E-state index in [4.69, 9.17) is 0 Å². The second-order valence-electron chi connectivity index (χ2n) is 6.75. The van der Waals surface area contributed by atoms with Gasteiger partial charge in [0.25, 0.3) is 0 Å². The second kappa shape index (κ2) is 4.93. The van der Waals surface area contributed by atoms with Crippen LogP contribution in [0, 0.1) is 17.3 Å². The first-order valence-electron chi connectivity index (χ1n) is 7.73. The summed E-state index contributed by atoms with van der Waals surface area (Å²) in [6, 6.07) is 0.225. The van der Waals surface area contributed by atoms with Crippen LogP contribution in [0.25, 0.3) is 0 Å². The quantitative estimate of drug-likeness (QED) is 0.820. The minimum absolute atomic E-state index is 0.0792. The lowest BCUT2D eigenvalue weighted by atomic mass is 9.58. The lowest BCUT2D eigenvalue weighted by Crippen LogP contribution is -2.50. The van der Waals surface area contributed by atoms with Gasteiger partial charge < -0.3 is 15.3 Å². The Morgan fingerprint density at radius 3 is 2.95 bits per heavy atom. The number of nitrogens with one attached hydrogen (secondary N) is 1. The predicted octanol–water partition coefficient (Wildman–Crippen LogP) is 2.36. The highest BCUT2D eigenvalue weighted by Crippen LogP contribution is 2.54. The van der Waals surface area contributed by atoms with E-state index in [9.17, 15) is 9.90 Å². The number of nitrogens with zero attached hydrogens (tertiary/aromatic N) is 1. The van der Waals surface area contributed by atoms with E-state index in [-0.39, 0.29) is 17.4 Å². The van der Waals surface area contributed by atoms with Crippen molar-refractivity contribution in [2.45, 2.75) is 32.7 Å². The van der Waals surface area contributed by atoms with Gasteiger partial charge in [0, 0.05) is 37.5 Å². The van der Waals surface area contributed by atoms with Crippen LogP contribution >= 0.6 is 0 Å². The third-order valence-corrected chi connectivity index (χ3v) is 5.50. The Bertz CT molecular complexity index is 549. The molecule has 1 aliphatic heterocycles. The van der Waals surface area contributed by atoms with Crippen molar-refractivity contribution in [1.29, 1.82) is 0 Å². The van der Waals surface area contributed by atoms with Crippen LogP contribution in [0.4, 0.5) is 0 Å². The Balaban J connectivity index is 1.82. The van der Waals surface area contributed by atoms with E-state index in [0.717, 1.165) is 25.0 Å². The normalized spacial score (nSPS) is 37.0. The zero-order valence-electron chi connectivity index (χ0n) is 13.0. The molecule has 1 saturated carbocycles. The number of amides is 1. The third kappa shape index (κ3) is 2.08. The molecule has 2 N–H and O–H groups in total. The summed E-state index contributed by atoms with van der Waals surface area (Å²) in [6.07, 6.45) is 10.4. The van der Waals surface area contributed by atoms with E-state index >= 15 is 0 Å². The molecule has 1 heterocycles. The minimum Gasteiger partial charge on any atom is -0.495 e. The maximum Gasteiger partial charge on any atom is 0.219 e. The molecule has 3 rings (SSSR count). The highest BCUT2D eigenvalue weighted by atomic mass is 16.3. The molecule has 0 aromatic heterocycles. The van der Waals surface area contributed by atoms with Crippen molar-refractivity contribution in [3.05, 3.63) is 35.8 Å². The Morgan fingerprint density at radius 1 is 1.48 bits per heavy atom. The van der Waals surface area contributed by atoms with Crippen molar-refractivity contribution in [2.24, 2.45) is 17.3 Å². The Hall–Kier alpha value is -1.71. The molecule has 0 bridgehead atoms. The first kappa shape index (κ1) is 14.2. The van der Waals surface area contributed by atoms with Gasteiger partial charge in [-0.2, -0.15) is 0 Å². The number of aliphatic hydroxyl groups is 1. The Kier molecular flexibility index (Phi) is 3.34. The van der Waals surface area contributed by atoms with Crippen LogP contribution < -0.4 is 5.32 Å². The van der Waals surface area contributed by atoms with Gasteiger partial charge in [-0.3, -0.25) is 4.79 Å². The standard InChI is InChI=1S/C17H24N2O2/c1-11-8-13(10-19(3)12(2)20)9-15-17(11)7-5-4-6-14(17)16(21)18-15/h4-7,11,13,15,18,21H,8-10H2,1-3H3. The van der Waals surface area contributed by atoms with E-state index in [1.165, 1.54) is 0 Å². The summed E-state index contributed by atoms with van der Waals surface area (Å²) in [4.78, 5) is 13.2. The van der Waals surface area contributed by atoms with Crippen LogP contribution in [0.1, 0.15) is 26.7 Å². The van der Waals surface area contributed by atoms with Crippen LogP contribution in [0.2, 0.25) is 0 Å². The van der Waals surface area contributed by atoms with Gasteiger partial charge in [0.1, 0.15) is 0 Å². The van der Waals surface area contributed by atoms with Gasteiger partial charge in [-0.1, -0.05) is 31.2 Å². The largest absolute Gasteiger partial charge is 0.495 e. The monoisotopic (exact) mass is 288 g/mol. The molecular weight excluding hydrogens is 264 g/mol. The minimum atomic E-state index is -0.0792. The van der Waals surface area contributed by atoms with Gasteiger partial charge in [0.05, 0.1) is 0 Å². The van der Waals surface area contributed by atoms with Crippen molar-refractivity contribution in [3.8, 4) is 0 Å². The van der Waals surface area contributed by atoms with Crippen LogP contribution in [0.5, 0.6) is 0 Å². The molecule has 1 amide bonds. The number of hydrogen-bond donors (Lipinski definition) is 2. The molecule has 0 radical (unpaired) electrons. The second-order valence-corrected chi connectivity index (χ2v) is 6.75. The summed E-state index contributed by atoms with van der Waals surface area (Å²) >= 11 is 0. The lowest BCUT2D eigenvalue weighted by molar-refractivity contribution is -0.128. The maximum atomic E-state index is 11.4. The molecule has 4 nitrogen and oxygen atoms in total. The molecule has 3 aliphatic rings. The third-order valence-electron chi connectivity index (χ3n) is 5.50. The van der Waals surface area contributed by atoms with Crippen molar-refractivity contribution in [3.63, 3.8) is 0 Å². The number of hydrogen-bond acceptors (Lipinski definition) is 3. The van der Waals surface area contributed by atoms with Gasteiger partial charge in [0.2, 0.25) is 5.91 Å².